The standard InChI is InChI=1S/C23H20Cl2N2O5S/c1-15-18(24)9-6-10-21(15)27(33(30,31)17-7-4-3-5-8-17)14-22(28)26-20-13-16(23(29)32-2)11-12-19(20)25/h3-13H,14H2,1-2H3,(H,26,28). The first-order valence-electron chi connectivity index (χ1n) is 9.65. The van der Waals surface area contributed by atoms with Crippen LogP contribution >= 0.6 is 23.2 Å². The van der Waals surface area contributed by atoms with Gasteiger partial charge in [0.15, 0.2) is 0 Å². The van der Waals surface area contributed by atoms with E-state index < -0.39 is 28.4 Å². The summed E-state index contributed by atoms with van der Waals surface area (Å²) >= 11 is 12.4. The summed E-state index contributed by atoms with van der Waals surface area (Å²) in [6.07, 6.45) is 0. The van der Waals surface area contributed by atoms with Crippen LogP contribution in [0.25, 0.3) is 0 Å². The Labute approximate surface area is 201 Å². The number of amides is 1. The zero-order chi connectivity index (χ0) is 24.2. The summed E-state index contributed by atoms with van der Waals surface area (Å²) in [5.74, 6) is -1.28. The lowest BCUT2D eigenvalue weighted by molar-refractivity contribution is -0.114. The Morgan fingerprint density at radius 2 is 1.67 bits per heavy atom. The van der Waals surface area contributed by atoms with Crippen LogP contribution in [-0.4, -0.2) is 33.9 Å². The van der Waals surface area contributed by atoms with Crippen LogP contribution < -0.4 is 9.62 Å². The highest BCUT2D eigenvalue weighted by atomic mass is 35.5. The molecule has 0 atom stereocenters. The number of ether oxygens (including phenoxy) is 1. The third kappa shape index (κ3) is 5.47. The Hall–Kier alpha value is -3.07. The fourth-order valence-electron chi connectivity index (χ4n) is 3.07. The van der Waals surface area contributed by atoms with Gasteiger partial charge in [0.05, 0.1) is 34.0 Å². The highest BCUT2D eigenvalue weighted by molar-refractivity contribution is 7.92. The molecule has 3 rings (SSSR count). The average molecular weight is 507 g/mol. The fraction of sp³-hybridized carbons (Fsp3) is 0.130. The van der Waals surface area contributed by atoms with Crippen molar-refractivity contribution in [3.05, 3.63) is 87.9 Å². The predicted octanol–water partition coefficient (Wildman–Crippen LogP) is 4.92. The van der Waals surface area contributed by atoms with Crippen molar-refractivity contribution < 1.29 is 22.7 Å². The highest BCUT2D eigenvalue weighted by Gasteiger charge is 2.29. The Morgan fingerprint density at radius 3 is 2.33 bits per heavy atom. The van der Waals surface area contributed by atoms with E-state index in [4.69, 9.17) is 23.2 Å². The Kier molecular flexibility index (Phi) is 7.63. The molecule has 7 nitrogen and oxygen atoms in total. The lowest BCUT2D eigenvalue weighted by atomic mass is 10.2. The minimum absolute atomic E-state index is 0.0166. The molecule has 0 heterocycles. The van der Waals surface area contributed by atoms with E-state index in [-0.39, 0.29) is 26.9 Å². The summed E-state index contributed by atoms with van der Waals surface area (Å²) in [7, 11) is -2.88. The number of nitrogens with one attached hydrogen (secondary N) is 1. The molecule has 1 amide bonds. The van der Waals surface area contributed by atoms with Crippen molar-refractivity contribution in [2.24, 2.45) is 0 Å². The monoisotopic (exact) mass is 506 g/mol. The third-order valence-corrected chi connectivity index (χ3v) is 7.30. The molecule has 0 bridgehead atoms. The smallest absolute Gasteiger partial charge is 0.337 e. The number of rotatable bonds is 7. The SMILES string of the molecule is COC(=O)c1ccc(Cl)c(NC(=O)CN(c2cccc(Cl)c2C)S(=O)(=O)c2ccccc2)c1. The van der Waals surface area contributed by atoms with Gasteiger partial charge in [0, 0.05) is 5.02 Å². The van der Waals surface area contributed by atoms with Crippen LogP contribution in [0, 0.1) is 6.92 Å². The molecule has 0 aliphatic rings. The van der Waals surface area contributed by atoms with Gasteiger partial charge in [-0.05, 0) is 55.0 Å². The van der Waals surface area contributed by atoms with Gasteiger partial charge >= 0.3 is 5.97 Å². The minimum atomic E-state index is -4.11. The Bertz CT molecular complexity index is 1300. The van der Waals surface area contributed by atoms with Gasteiger partial charge < -0.3 is 10.1 Å². The molecule has 0 radical (unpaired) electrons. The maximum Gasteiger partial charge on any atom is 0.337 e. The van der Waals surface area contributed by atoms with Crippen LogP contribution in [-0.2, 0) is 19.6 Å². The number of esters is 1. The maximum atomic E-state index is 13.4. The molecule has 1 N–H and O–H groups in total. The Balaban J connectivity index is 1.99. The van der Waals surface area contributed by atoms with Crippen LogP contribution in [0.2, 0.25) is 10.0 Å². The fourth-order valence-corrected chi connectivity index (χ4v) is 4.91. The molecule has 0 spiro atoms. The molecular formula is C23H20Cl2N2O5S. The van der Waals surface area contributed by atoms with E-state index in [0.29, 0.717) is 10.6 Å². The van der Waals surface area contributed by atoms with Crippen LogP contribution in [0.4, 0.5) is 11.4 Å². The number of carbonyl (C=O) groups excluding carboxylic acids is 2. The van der Waals surface area contributed by atoms with Crippen molar-refractivity contribution in [3.8, 4) is 0 Å². The van der Waals surface area contributed by atoms with Gasteiger partial charge in [0.1, 0.15) is 6.54 Å². The van der Waals surface area contributed by atoms with E-state index in [1.807, 2.05) is 0 Å². The molecule has 10 heteroatoms. The topological polar surface area (TPSA) is 92.8 Å². The van der Waals surface area contributed by atoms with Gasteiger partial charge in [-0.3, -0.25) is 9.10 Å². The number of hydrogen-bond donors (Lipinski definition) is 1. The molecule has 172 valence electrons. The van der Waals surface area contributed by atoms with Crippen molar-refractivity contribution in [1.82, 2.24) is 0 Å². The zero-order valence-electron chi connectivity index (χ0n) is 17.7. The first-order chi connectivity index (χ1) is 15.6. The molecule has 0 fully saturated rings. The van der Waals surface area contributed by atoms with Crippen molar-refractivity contribution in [1.29, 1.82) is 0 Å². The maximum absolute atomic E-state index is 13.4. The molecular weight excluding hydrogens is 487 g/mol. The summed E-state index contributed by atoms with van der Waals surface area (Å²) in [6, 6.07) is 16.8. The first kappa shape index (κ1) is 24.6. The lowest BCUT2D eigenvalue weighted by Gasteiger charge is -2.26. The van der Waals surface area contributed by atoms with Crippen molar-refractivity contribution >= 4 is 56.5 Å². The van der Waals surface area contributed by atoms with Gasteiger partial charge in [-0.1, -0.05) is 47.5 Å². The number of methoxy groups -OCH3 is 1. The van der Waals surface area contributed by atoms with E-state index in [1.165, 1.54) is 37.4 Å². The second-order valence-electron chi connectivity index (χ2n) is 6.94. The Morgan fingerprint density at radius 1 is 0.970 bits per heavy atom. The van der Waals surface area contributed by atoms with Crippen molar-refractivity contribution in [2.75, 3.05) is 23.3 Å². The second-order valence-corrected chi connectivity index (χ2v) is 9.62. The number of carbonyl (C=O) groups is 2. The van der Waals surface area contributed by atoms with Gasteiger partial charge in [-0.25, -0.2) is 13.2 Å². The molecule has 0 aliphatic heterocycles. The molecule has 3 aromatic carbocycles. The summed E-state index contributed by atoms with van der Waals surface area (Å²) in [5, 5.41) is 3.10. The van der Waals surface area contributed by atoms with E-state index in [9.17, 15) is 18.0 Å². The summed E-state index contributed by atoms with van der Waals surface area (Å²) in [6.45, 7) is 1.11. The van der Waals surface area contributed by atoms with Gasteiger partial charge in [-0.15, -0.1) is 0 Å². The summed E-state index contributed by atoms with van der Waals surface area (Å²) in [4.78, 5) is 24.8. The van der Waals surface area contributed by atoms with Gasteiger partial charge in [-0.2, -0.15) is 0 Å². The minimum Gasteiger partial charge on any atom is -0.465 e. The van der Waals surface area contributed by atoms with E-state index >= 15 is 0 Å². The average Bonchev–Trinajstić information content (AvgIpc) is 2.81. The molecule has 0 aromatic heterocycles. The summed E-state index contributed by atoms with van der Waals surface area (Å²) in [5.41, 5.74) is 1.08. The number of halogens is 2. The third-order valence-electron chi connectivity index (χ3n) is 4.79. The largest absolute Gasteiger partial charge is 0.465 e. The van der Waals surface area contributed by atoms with Crippen molar-refractivity contribution in [3.63, 3.8) is 0 Å². The van der Waals surface area contributed by atoms with Crippen LogP contribution in [0.3, 0.4) is 0 Å². The van der Waals surface area contributed by atoms with Crippen LogP contribution in [0.15, 0.2) is 71.6 Å². The molecule has 0 saturated heterocycles. The number of hydrogen-bond acceptors (Lipinski definition) is 5. The molecule has 0 unspecified atom stereocenters. The highest BCUT2D eigenvalue weighted by Crippen LogP contribution is 2.31. The molecule has 0 aliphatic carbocycles. The van der Waals surface area contributed by atoms with Crippen molar-refractivity contribution in [2.45, 2.75) is 11.8 Å². The van der Waals surface area contributed by atoms with Crippen LogP contribution in [0.1, 0.15) is 15.9 Å². The van der Waals surface area contributed by atoms with Crippen LogP contribution in [0.5, 0.6) is 0 Å². The predicted molar refractivity (Wildman–Crippen MR) is 129 cm³/mol. The molecule has 0 saturated carbocycles. The quantitative estimate of drug-likeness (QED) is 0.459. The van der Waals surface area contributed by atoms with E-state index in [0.717, 1.165) is 4.31 Å². The lowest BCUT2D eigenvalue weighted by Crippen LogP contribution is -2.38. The van der Waals surface area contributed by atoms with Gasteiger partial charge in [0.25, 0.3) is 10.0 Å². The normalized spacial score (nSPS) is 11.0. The molecule has 3 aromatic rings. The van der Waals surface area contributed by atoms with E-state index in [1.54, 1.807) is 43.3 Å². The molecule has 33 heavy (non-hydrogen) atoms. The second kappa shape index (κ2) is 10.2. The van der Waals surface area contributed by atoms with E-state index in [2.05, 4.69) is 10.1 Å². The number of benzene rings is 3. The number of sulfonamides is 1. The number of anilines is 2. The summed E-state index contributed by atoms with van der Waals surface area (Å²) < 4.78 is 32.6. The number of nitrogens with zero attached hydrogens (tertiary/aromatic N) is 1. The van der Waals surface area contributed by atoms with Gasteiger partial charge in [0.2, 0.25) is 5.91 Å². The zero-order valence-corrected chi connectivity index (χ0v) is 20.0. The first-order valence-corrected chi connectivity index (χ1v) is 11.9.